The lowest BCUT2D eigenvalue weighted by Crippen LogP contribution is -2.30. The lowest BCUT2D eigenvalue weighted by Gasteiger charge is -2.17. The SMILES string of the molecule is CC(O)c1nccn1C(C#Cc1ccc(-c2ccc(OC3COCC3O)c(F)c2F)cc1)CO. The van der Waals surface area contributed by atoms with Gasteiger partial charge in [0.1, 0.15) is 24.1 Å². The van der Waals surface area contributed by atoms with E-state index in [0.29, 0.717) is 17.0 Å². The average molecular weight is 470 g/mol. The normalized spacial score (nSPS) is 19.4. The van der Waals surface area contributed by atoms with E-state index in [-0.39, 0.29) is 31.1 Å². The summed E-state index contributed by atoms with van der Waals surface area (Å²) in [6.45, 7) is 1.49. The quantitative estimate of drug-likeness (QED) is 0.480. The molecule has 34 heavy (non-hydrogen) atoms. The molecule has 4 unspecified atom stereocenters. The van der Waals surface area contributed by atoms with E-state index in [2.05, 4.69) is 16.8 Å². The molecule has 1 saturated heterocycles. The second-order valence-corrected chi connectivity index (χ2v) is 7.91. The molecule has 0 amide bonds. The number of halogens is 2. The van der Waals surface area contributed by atoms with Crippen LogP contribution in [0.25, 0.3) is 11.1 Å². The van der Waals surface area contributed by atoms with E-state index in [4.69, 9.17) is 9.47 Å². The zero-order valence-corrected chi connectivity index (χ0v) is 18.4. The number of hydrogen-bond acceptors (Lipinski definition) is 6. The molecule has 1 aliphatic rings. The molecule has 1 aromatic heterocycles. The Balaban J connectivity index is 1.52. The van der Waals surface area contributed by atoms with Gasteiger partial charge in [0.15, 0.2) is 17.7 Å². The van der Waals surface area contributed by atoms with Gasteiger partial charge in [-0.15, -0.1) is 0 Å². The fourth-order valence-corrected chi connectivity index (χ4v) is 3.66. The lowest BCUT2D eigenvalue weighted by molar-refractivity contribution is 0.0703. The fourth-order valence-electron chi connectivity index (χ4n) is 3.66. The van der Waals surface area contributed by atoms with E-state index < -0.39 is 36.0 Å². The molecule has 4 rings (SSSR count). The summed E-state index contributed by atoms with van der Waals surface area (Å²) in [5.41, 5.74) is 1.11. The largest absolute Gasteiger partial charge is 0.482 e. The zero-order chi connectivity index (χ0) is 24.2. The van der Waals surface area contributed by atoms with Crippen LogP contribution >= 0.6 is 0 Å². The highest BCUT2D eigenvalue weighted by atomic mass is 19.2. The number of aromatic nitrogens is 2. The summed E-state index contributed by atoms with van der Waals surface area (Å²) in [5.74, 6) is 3.79. The van der Waals surface area contributed by atoms with Crippen molar-refractivity contribution in [3.63, 3.8) is 0 Å². The van der Waals surface area contributed by atoms with Crippen LogP contribution in [0.1, 0.15) is 30.5 Å². The van der Waals surface area contributed by atoms with Crippen molar-refractivity contribution in [1.29, 1.82) is 0 Å². The molecule has 4 atom stereocenters. The van der Waals surface area contributed by atoms with Gasteiger partial charge >= 0.3 is 0 Å². The van der Waals surface area contributed by atoms with Crippen molar-refractivity contribution in [2.24, 2.45) is 0 Å². The Morgan fingerprint density at radius 1 is 1.18 bits per heavy atom. The van der Waals surface area contributed by atoms with Crippen molar-refractivity contribution in [2.45, 2.75) is 31.3 Å². The van der Waals surface area contributed by atoms with Gasteiger partial charge in [-0.25, -0.2) is 9.37 Å². The van der Waals surface area contributed by atoms with Crippen LogP contribution < -0.4 is 4.74 Å². The number of hydrogen-bond donors (Lipinski definition) is 3. The first-order valence-electron chi connectivity index (χ1n) is 10.7. The summed E-state index contributed by atoms with van der Waals surface area (Å²) in [6.07, 6.45) is 0.697. The highest BCUT2D eigenvalue weighted by Crippen LogP contribution is 2.31. The second-order valence-electron chi connectivity index (χ2n) is 7.91. The molecule has 1 fully saturated rings. The van der Waals surface area contributed by atoms with Gasteiger partial charge in [0, 0.05) is 23.5 Å². The summed E-state index contributed by atoms with van der Waals surface area (Å²) in [6, 6.07) is 8.68. The van der Waals surface area contributed by atoms with Crippen molar-refractivity contribution >= 4 is 0 Å². The van der Waals surface area contributed by atoms with Crippen LogP contribution in [-0.4, -0.2) is 56.9 Å². The third-order valence-electron chi connectivity index (χ3n) is 5.49. The molecule has 9 heteroatoms. The van der Waals surface area contributed by atoms with E-state index >= 15 is 0 Å². The van der Waals surface area contributed by atoms with Gasteiger partial charge in [-0.2, -0.15) is 4.39 Å². The Kier molecular flexibility index (Phi) is 7.24. The molecule has 0 aliphatic carbocycles. The number of nitrogens with zero attached hydrogens (tertiary/aromatic N) is 2. The first-order chi connectivity index (χ1) is 16.4. The topological polar surface area (TPSA) is 97.0 Å². The van der Waals surface area contributed by atoms with Crippen LogP contribution in [0.15, 0.2) is 48.8 Å². The summed E-state index contributed by atoms with van der Waals surface area (Å²) in [7, 11) is 0. The van der Waals surface area contributed by atoms with Crippen molar-refractivity contribution in [2.75, 3.05) is 19.8 Å². The molecule has 7 nitrogen and oxygen atoms in total. The zero-order valence-electron chi connectivity index (χ0n) is 18.4. The maximum absolute atomic E-state index is 14.7. The number of benzene rings is 2. The molecule has 1 aliphatic heterocycles. The number of ether oxygens (including phenoxy) is 2. The van der Waals surface area contributed by atoms with Gasteiger partial charge in [-0.1, -0.05) is 24.0 Å². The van der Waals surface area contributed by atoms with Gasteiger partial charge in [0.05, 0.1) is 19.8 Å². The van der Waals surface area contributed by atoms with Crippen molar-refractivity contribution < 1.29 is 33.6 Å². The monoisotopic (exact) mass is 470 g/mol. The average Bonchev–Trinajstić information content (AvgIpc) is 3.48. The summed E-state index contributed by atoms with van der Waals surface area (Å²) >= 11 is 0. The van der Waals surface area contributed by atoms with Crippen LogP contribution in [0.3, 0.4) is 0 Å². The molecular weight excluding hydrogens is 446 g/mol. The number of rotatable bonds is 6. The number of imidazole rings is 1. The van der Waals surface area contributed by atoms with Gasteiger partial charge in [0.25, 0.3) is 0 Å². The molecular formula is C25H24F2N2O5. The van der Waals surface area contributed by atoms with Crippen LogP contribution in [0.5, 0.6) is 5.75 Å². The van der Waals surface area contributed by atoms with Gasteiger partial charge in [-0.3, -0.25) is 0 Å². The van der Waals surface area contributed by atoms with Crippen LogP contribution in [0, 0.1) is 23.5 Å². The smallest absolute Gasteiger partial charge is 0.201 e. The van der Waals surface area contributed by atoms with Gasteiger partial charge in [0.2, 0.25) is 5.82 Å². The van der Waals surface area contributed by atoms with E-state index in [9.17, 15) is 24.1 Å². The molecule has 0 bridgehead atoms. The number of aliphatic hydroxyl groups is 3. The van der Waals surface area contributed by atoms with E-state index in [1.54, 1.807) is 42.0 Å². The Labute approximate surface area is 195 Å². The van der Waals surface area contributed by atoms with Crippen LogP contribution in [0.4, 0.5) is 8.78 Å². The fraction of sp³-hybridized carbons (Fsp3) is 0.320. The van der Waals surface area contributed by atoms with E-state index in [1.807, 2.05) is 0 Å². The van der Waals surface area contributed by atoms with Crippen LogP contribution in [0.2, 0.25) is 0 Å². The Hall–Kier alpha value is -3.29. The minimum Gasteiger partial charge on any atom is -0.482 e. The molecule has 0 saturated carbocycles. The third kappa shape index (κ3) is 4.95. The van der Waals surface area contributed by atoms with Crippen LogP contribution in [-0.2, 0) is 4.74 Å². The molecule has 0 spiro atoms. The maximum atomic E-state index is 14.7. The maximum Gasteiger partial charge on any atom is 0.201 e. The lowest BCUT2D eigenvalue weighted by atomic mass is 10.0. The molecule has 0 radical (unpaired) electrons. The predicted molar refractivity (Wildman–Crippen MR) is 119 cm³/mol. The van der Waals surface area contributed by atoms with Gasteiger partial charge < -0.3 is 29.4 Å². The summed E-state index contributed by atoms with van der Waals surface area (Å²) < 4.78 is 41.4. The molecule has 3 N–H and O–H groups in total. The Morgan fingerprint density at radius 2 is 1.94 bits per heavy atom. The first-order valence-corrected chi connectivity index (χ1v) is 10.7. The molecule has 178 valence electrons. The van der Waals surface area contributed by atoms with Crippen molar-refractivity contribution in [1.82, 2.24) is 9.55 Å². The summed E-state index contributed by atoms with van der Waals surface area (Å²) in [4.78, 5) is 4.08. The molecule has 3 aromatic rings. The summed E-state index contributed by atoms with van der Waals surface area (Å²) in [5, 5.41) is 29.3. The Morgan fingerprint density at radius 3 is 2.59 bits per heavy atom. The molecule has 2 heterocycles. The highest BCUT2D eigenvalue weighted by molar-refractivity contribution is 5.66. The third-order valence-corrected chi connectivity index (χ3v) is 5.49. The van der Waals surface area contributed by atoms with Gasteiger partial charge in [-0.05, 0) is 36.8 Å². The first kappa shape index (κ1) is 23.9. The van der Waals surface area contributed by atoms with Crippen molar-refractivity contribution in [3.8, 4) is 28.7 Å². The minimum absolute atomic E-state index is 0.0563. The predicted octanol–water partition coefficient (Wildman–Crippen LogP) is 2.61. The second kappa shape index (κ2) is 10.3. The minimum atomic E-state index is -1.14. The highest BCUT2D eigenvalue weighted by Gasteiger charge is 2.29. The molecule has 2 aromatic carbocycles. The Bertz CT molecular complexity index is 1200. The van der Waals surface area contributed by atoms with E-state index in [0.717, 1.165) is 0 Å². The van der Waals surface area contributed by atoms with E-state index in [1.165, 1.54) is 18.3 Å². The standard InChI is InChI=1S/C25H24F2N2O5/c1-15(31)25-28-10-11-29(25)18(12-30)7-4-16-2-5-17(6-3-16)19-8-9-21(24(27)23(19)26)34-22-14-33-13-20(22)32/h2-3,5-6,8-11,15,18,20,22,30-32H,12-14H2,1H3. The van der Waals surface area contributed by atoms with Crippen molar-refractivity contribution in [3.05, 3.63) is 71.8 Å². The number of aliphatic hydroxyl groups excluding tert-OH is 3.